The van der Waals surface area contributed by atoms with Crippen LogP contribution < -0.4 is 0 Å². The molecule has 0 radical (unpaired) electrons. The lowest BCUT2D eigenvalue weighted by molar-refractivity contribution is 1.33. The summed E-state index contributed by atoms with van der Waals surface area (Å²) in [6.45, 7) is 0. The van der Waals surface area contributed by atoms with Gasteiger partial charge in [0.1, 0.15) is 0 Å². The average molecular weight is 596 g/mol. The Morgan fingerprint density at radius 2 is 0.886 bits per heavy atom. The lowest BCUT2D eigenvalue weighted by Crippen LogP contribution is -1.85. The standard InChI is InChI=1S/C41H25NS2/c1-2-22-38-31(14-1)32-16-8-18-34(40(32)43-38)36-20-9-19-35-33-17-7-15-30(39(33)44-41(35)36)28-12-5-10-26(24-28)27-11-6-13-29(25-27)37-21-3-4-23-42-37/h1-25H. The fourth-order valence-electron chi connectivity index (χ4n) is 6.48. The second-order valence-corrected chi connectivity index (χ2v) is 13.2. The molecule has 9 rings (SSSR count). The molecule has 0 aliphatic carbocycles. The number of rotatable bonds is 4. The summed E-state index contributed by atoms with van der Waals surface area (Å²) < 4.78 is 5.38. The van der Waals surface area contributed by atoms with Crippen LogP contribution in [0.1, 0.15) is 0 Å². The Bertz CT molecular complexity index is 2500. The van der Waals surface area contributed by atoms with Gasteiger partial charge in [-0.15, -0.1) is 22.7 Å². The van der Waals surface area contributed by atoms with Crippen LogP contribution in [0.5, 0.6) is 0 Å². The number of benzene rings is 6. The number of pyridine rings is 1. The molecule has 6 aromatic carbocycles. The third-order valence-electron chi connectivity index (χ3n) is 8.55. The first-order valence-corrected chi connectivity index (χ1v) is 16.4. The quantitative estimate of drug-likeness (QED) is 0.197. The second kappa shape index (κ2) is 10.3. The molecule has 0 saturated heterocycles. The van der Waals surface area contributed by atoms with Crippen LogP contribution in [0.4, 0.5) is 0 Å². The topological polar surface area (TPSA) is 12.9 Å². The fraction of sp³-hybridized carbons (Fsp3) is 0. The number of thiophene rings is 2. The molecule has 0 amide bonds. The minimum absolute atomic E-state index is 0.989. The first kappa shape index (κ1) is 25.4. The normalized spacial score (nSPS) is 11.6. The number of nitrogens with zero attached hydrogens (tertiary/aromatic N) is 1. The molecule has 3 aromatic heterocycles. The van der Waals surface area contributed by atoms with E-state index in [1.54, 1.807) is 0 Å². The van der Waals surface area contributed by atoms with E-state index in [9.17, 15) is 0 Å². The molecule has 0 fully saturated rings. The van der Waals surface area contributed by atoms with E-state index in [1.165, 1.54) is 73.7 Å². The number of hydrogen-bond donors (Lipinski definition) is 0. The predicted molar refractivity (Wildman–Crippen MR) is 192 cm³/mol. The molecule has 3 heteroatoms. The van der Waals surface area contributed by atoms with E-state index in [-0.39, 0.29) is 0 Å². The van der Waals surface area contributed by atoms with Crippen LogP contribution in [0.3, 0.4) is 0 Å². The summed E-state index contributed by atoms with van der Waals surface area (Å²) in [5, 5.41) is 5.31. The molecule has 0 spiro atoms. The van der Waals surface area contributed by atoms with Gasteiger partial charge >= 0.3 is 0 Å². The summed E-state index contributed by atoms with van der Waals surface area (Å²) in [5.74, 6) is 0. The molecule has 0 atom stereocenters. The molecule has 9 aromatic rings. The van der Waals surface area contributed by atoms with Crippen molar-refractivity contribution in [2.45, 2.75) is 0 Å². The van der Waals surface area contributed by atoms with Crippen LogP contribution in [0.15, 0.2) is 152 Å². The van der Waals surface area contributed by atoms with Gasteiger partial charge in [-0.25, -0.2) is 0 Å². The van der Waals surface area contributed by atoms with Crippen molar-refractivity contribution in [3.63, 3.8) is 0 Å². The van der Waals surface area contributed by atoms with Crippen LogP contribution in [-0.2, 0) is 0 Å². The molecule has 0 N–H and O–H groups in total. The van der Waals surface area contributed by atoms with E-state index >= 15 is 0 Å². The molecule has 3 heterocycles. The Kier molecular flexibility index (Phi) is 5.93. The van der Waals surface area contributed by atoms with Gasteiger partial charge in [-0.05, 0) is 52.6 Å². The van der Waals surface area contributed by atoms with Crippen molar-refractivity contribution < 1.29 is 0 Å². The fourth-order valence-corrected chi connectivity index (χ4v) is 9.07. The van der Waals surface area contributed by atoms with Gasteiger partial charge in [-0.1, -0.05) is 115 Å². The summed E-state index contributed by atoms with van der Waals surface area (Å²) in [6.07, 6.45) is 1.85. The minimum Gasteiger partial charge on any atom is -0.256 e. The Hall–Kier alpha value is -5.09. The number of fused-ring (bicyclic) bond motifs is 6. The summed E-state index contributed by atoms with van der Waals surface area (Å²) in [6, 6.07) is 52.8. The van der Waals surface area contributed by atoms with Gasteiger partial charge in [-0.3, -0.25) is 4.98 Å². The van der Waals surface area contributed by atoms with E-state index in [1.807, 2.05) is 41.0 Å². The van der Waals surface area contributed by atoms with Crippen LogP contribution in [0.2, 0.25) is 0 Å². The Morgan fingerprint density at radius 1 is 0.364 bits per heavy atom. The van der Waals surface area contributed by atoms with E-state index in [0.29, 0.717) is 0 Å². The zero-order valence-corrected chi connectivity index (χ0v) is 25.3. The Labute approximate surface area is 263 Å². The highest BCUT2D eigenvalue weighted by Crippen LogP contribution is 2.47. The van der Waals surface area contributed by atoms with Crippen molar-refractivity contribution in [3.05, 3.63) is 152 Å². The Balaban J connectivity index is 1.20. The lowest BCUT2D eigenvalue weighted by atomic mass is 9.96. The smallest absolute Gasteiger partial charge is 0.0702 e. The van der Waals surface area contributed by atoms with Gasteiger partial charge in [0.05, 0.1) is 5.69 Å². The van der Waals surface area contributed by atoms with Crippen molar-refractivity contribution in [2.24, 2.45) is 0 Å². The maximum absolute atomic E-state index is 4.56. The van der Waals surface area contributed by atoms with Crippen LogP contribution >= 0.6 is 22.7 Å². The van der Waals surface area contributed by atoms with E-state index < -0.39 is 0 Å². The first-order valence-electron chi connectivity index (χ1n) is 14.8. The summed E-state index contributed by atoms with van der Waals surface area (Å²) >= 11 is 3.82. The summed E-state index contributed by atoms with van der Waals surface area (Å²) in [7, 11) is 0. The largest absolute Gasteiger partial charge is 0.256 e. The van der Waals surface area contributed by atoms with Gasteiger partial charge in [0.2, 0.25) is 0 Å². The molecule has 206 valence electrons. The molecular weight excluding hydrogens is 571 g/mol. The summed E-state index contributed by atoms with van der Waals surface area (Å²) in [4.78, 5) is 4.56. The van der Waals surface area contributed by atoms with Crippen molar-refractivity contribution >= 4 is 63.0 Å². The van der Waals surface area contributed by atoms with E-state index in [4.69, 9.17) is 0 Å². The van der Waals surface area contributed by atoms with Crippen LogP contribution in [0.25, 0.3) is 85.0 Å². The van der Waals surface area contributed by atoms with E-state index in [0.717, 1.165) is 11.3 Å². The maximum Gasteiger partial charge on any atom is 0.0702 e. The third kappa shape index (κ3) is 4.09. The number of hydrogen-bond acceptors (Lipinski definition) is 3. The van der Waals surface area contributed by atoms with Gasteiger partial charge in [0, 0.05) is 63.2 Å². The van der Waals surface area contributed by atoms with Crippen molar-refractivity contribution in [1.29, 1.82) is 0 Å². The van der Waals surface area contributed by atoms with Crippen LogP contribution in [0, 0.1) is 0 Å². The minimum atomic E-state index is 0.989. The van der Waals surface area contributed by atoms with Gasteiger partial charge in [0.15, 0.2) is 0 Å². The molecule has 0 bridgehead atoms. The average Bonchev–Trinajstić information content (AvgIpc) is 3.68. The lowest BCUT2D eigenvalue weighted by Gasteiger charge is -2.09. The van der Waals surface area contributed by atoms with Gasteiger partial charge in [0.25, 0.3) is 0 Å². The molecule has 44 heavy (non-hydrogen) atoms. The zero-order valence-electron chi connectivity index (χ0n) is 23.7. The zero-order chi connectivity index (χ0) is 29.0. The highest BCUT2D eigenvalue weighted by Gasteiger charge is 2.17. The monoisotopic (exact) mass is 595 g/mol. The van der Waals surface area contributed by atoms with Gasteiger partial charge in [-0.2, -0.15) is 0 Å². The highest BCUT2D eigenvalue weighted by molar-refractivity contribution is 7.27. The second-order valence-electron chi connectivity index (χ2n) is 11.1. The van der Waals surface area contributed by atoms with E-state index in [2.05, 4.69) is 138 Å². The Morgan fingerprint density at radius 3 is 1.61 bits per heavy atom. The molecule has 0 unspecified atom stereocenters. The van der Waals surface area contributed by atoms with Crippen molar-refractivity contribution in [1.82, 2.24) is 4.98 Å². The van der Waals surface area contributed by atoms with Crippen LogP contribution in [-0.4, -0.2) is 4.98 Å². The third-order valence-corrected chi connectivity index (χ3v) is 11.1. The summed E-state index contributed by atoms with van der Waals surface area (Å²) in [5.41, 5.74) is 9.65. The molecule has 0 saturated carbocycles. The molecule has 0 aliphatic rings. The predicted octanol–water partition coefficient (Wildman–Crippen LogP) is 12.5. The molecule has 1 nitrogen and oxygen atoms in total. The SMILES string of the molecule is c1ccc(-c2cccc(-c3cccc(-c4cccc5c4sc4c(-c6cccc7c6sc6ccccc67)cccc45)c3)c2)nc1. The maximum atomic E-state index is 4.56. The first-order chi connectivity index (χ1) is 21.8. The van der Waals surface area contributed by atoms with Crippen molar-refractivity contribution in [2.75, 3.05) is 0 Å². The molecular formula is C41H25NS2. The number of aromatic nitrogens is 1. The molecule has 0 aliphatic heterocycles. The highest BCUT2D eigenvalue weighted by atomic mass is 32.1. The van der Waals surface area contributed by atoms with Crippen molar-refractivity contribution in [3.8, 4) is 44.6 Å². The van der Waals surface area contributed by atoms with Gasteiger partial charge < -0.3 is 0 Å².